The fraction of sp³-hybridized carbons (Fsp3) is 0.600. The highest BCUT2D eigenvalue weighted by Gasteiger charge is 2.23. The lowest BCUT2D eigenvalue weighted by molar-refractivity contribution is 0.223. The number of nitrogens with two attached hydrogens (primary N) is 1. The van der Waals surface area contributed by atoms with Crippen LogP contribution in [0.1, 0.15) is 13.8 Å². The number of likely N-dealkylation sites (N-methyl/N-ethyl adjacent to an activating group) is 1. The van der Waals surface area contributed by atoms with Crippen molar-refractivity contribution in [3.8, 4) is 5.75 Å². The lowest BCUT2D eigenvalue weighted by atomic mass is 10.1. The average Bonchev–Trinajstić information content (AvgIpc) is 2.40. The third-order valence-corrected chi connectivity index (χ3v) is 3.62. The molecule has 0 amide bonds. The summed E-state index contributed by atoms with van der Waals surface area (Å²) in [4.78, 5) is 4.74. The van der Waals surface area contributed by atoms with E-state index in [-0.39, 0.29) is 6.10 Å². The summed E-state index contributed by atoms with van der Waals surface area (Å²) in [5.74, 6) is 0.934. The second kappa shape index (κ2) is 6.26. The number of nitrogens with zero attached hydrogens (tertiary/aromatic N) is 2. The van der Waals surface area contributed by atoms with Crippen molar-refractivity contribution in [2.45, 2.75) is 26.0 Å². The van der Waals surface area contributed by atoms with Crippen LogP contribution in [0.5, 0.6) is 5.75 Å². The molecule has 1 fully saturated rings. The first-order valence-electron chi connectivity index (χ1n) is 7.02. The topological polar surface area (TPSA) is 41.7 Å². The Morgan fingerprint density at radius 2 is 1.95 bits per heavy atom. The van der Waals surface area contributed by atoms with Gasteiger partial charge in [0.05, 0.1) is 6.10 Å². The number of piperazine rings is 1. The molecule has 0 radical (unpaired) electrons. The highest BCUT2D eigenvalue weighted by atomic mass is 16.5. The average molecular weight is 263 g/mol. The van der Waals surface area contributed by atoms with Crippen molar-refractivity contribution in [1.82, 2.24) is 4.90 Å². The zero-order valence-electron chi connectivity index (χ0n) is 12.2. The monoisotopic (exact) mass is 263 g/mol. The van der Waals surface area contributed by atoms with Gasteiger partial charge in [0.25, 0.3) is 0 Å². The van der Waals surface area contributed by atoms with Gasteiger partial charge in [0, 0.05) is 37.9 Å². The summed E-state index contributed by atoms with van der Waals surface area (Å²) in [7, 11) is 2.15. The van der Waals surface area contributed by atoms with E-state index in [1.165, 1.54) is 5.69 Å². The molecule has 4 heteroatoms. The summed E-state index contributed by atoms with van der Waals surface area (Å²) in [5, 5.41) is 0. The summed E-state index contributed by atoms with van der Waals surface area (Å²) >= 11 is 0. The van der Waals surface area contributed by atoms with Gasteiger partial charge in [-0.05, 0) is 45.2 Å². The van der Waals surface area contributed by atoms with Gasteiger partial charge in [0.2, 0.25) is 0 Å². The summed E-state index contributed by atoms with van der Waals surface area (Å²) in [6, 6.07) is 8.81. The van der Waals surface area contributed by atoms with Crippen molar-refractivity contribution in [3.63, 3.8) is 0 Å². The molecule has 0 aromatic heterocycles. The number of rotatable bonds is 4. The van der Waals surface area contributed by atoms with Gasteiger partial charge in [0.1, 0.15) is 5.75 Å². The van der Waals surface area contributed by atoms with Crippen LogP contribution in [-0.2, 0) is 0 Å². The van der Waals surface area contributed by atoms with Crippen LogP contribution in [0.4, 0.5) is 5.69 Å². The fourth-order valence-corrected chi connectivity index (χ4v) is 2.44. The highest BCUT2D eigenvalue weighted by Crippen LogP contribution is 2.22. The van der Waals surface area contributed by atoms with Crippen LogP contribution < -0.4 is 15.4 Å². The predicted molar refractivity (Wildman–Crippen MR) is 79.9 cm³/mol. The molecule has 0 bridgehead atoms. The van der Waals surface area contributed by atoms with E-state index >= 15 is 0 Å². The second-order valence-corrected chi connectivity index (χ2v) is 5.48. The van der Waals surface area contributed by atoms with Crippen molar-refractivity contribution in [1.29, 1.82) is 0 Å². The Bertz CT molecular complexity index is 391. The van der Waals surface area contributed by atoms with E-state index in [9.17, 15) is 0 Å². The predicted octanol–water partition coefficient (Wildman–Crippen LogP) is 1.55. The van der Waals surface area contributed by atoms with E-state index in [0.717, 1.165) is 25.4 Å². The van der Waals surface area contributed by atoms with Crippen molar-refractivity contribution >= 4 is 5.69 Å². The molecule has 0 saturated carbocycles. The molecule has 19 heavy (non-hydrogen) atoms. The summed E-state index contributed by atoms with van der Waals surface area (Å²) < 4.78 is 5.67. The Balaban J connectivity index is 2.02. The molecule has 1 aromatic carbocycles. The normalized spacial score (nSPS) is 20.9. The van der Waals surface area contributed by atoms with Crippen molar-refractivity contribution in [2.24, 2.45) is 5.73 Å². The van der Waals surface area contributed by atoms with Gasteiger partial charge < -0.3 is 15.4 Å². The largest absolute Gasteiger partial charge is 0.491 e. The van der Waals surface area contributed by atoms with Crippen LogP contribution >= 0.6 is 0 Å². The highest BCUT2D eigenvalue weighted by molar-refractivity contribution is 5.49. The maximum Gasteiger partial charge on any atom is 0.119 e. The molecule has 1 saturated heterocycles. The molecule has 1 atom stereocenters. The maximum atomic E-state index is 5.82. The standard InChI is InChI=1S/C15H25N3O/c1-12(2)19-15-6-4-13(5-7-15)18-9-8-17(3)14(10-16)11-18/h4-7,12,14H,8-11,16H2,1-3H3. The molecule has 1 aliphatic rings. The third kappa shape index (κ3) is 3.61. The van der Waals surface area contributed by atoms with Gasteiger partial charge in [-0.1, -0.05) is 0 Å². The zero-order chi connectivity index (χ0) is 13.8. The van der Waals surface area contributed by atoms with Gasteiger partial charge in [-0.25, -0.2) is 0 Å². The molecular formula is C15H25N3O. The summed E-state index contributed by atoms with van der Waals surface area (Å²) in [6.07, 6.45) is 0.219. The molecule has 1 unspecified atom stereocenters. The van der Waals surface area contributed by atoms with E-state index < -0.39 is 0 Å². The Morgan fingerprint density at radius 3 is 2.53 bits per heavy atom. The Morgan fingerprint density at radius 1 is 1.26 bits per heavy atom. The quantitative estimate of drug-likeness (QED) is 0.895. The molecular weight excluding hydrogens is 238 g/mol. The maximum absolute atomic E-state index is 5.82. The third-order valence-electron chi connectivity index (χ3n) is 3.62. The molecule has 0 spiro atoms. The Kier molecular flexibility index (Phi) is 4.66. The van der Waals surface area contributed by atoms with E-state index in [2.05, 4.69) is 29.0 Å². The SMILES string of the molecule is CC(C)Oc1ccc(N2CCN(C)C(CN)C2)cc1. The van der Waals surface area contributed by atoms with Crippen LogP contribution in [0.3, 0.4) is 0 Å². The molecule has 1 heterocycles. The molecule has 2 N–H and O–H groups in total. The first kappa shape index (κ1) is 14.2. The summed E-state index contributed by atoms with van der Waals surface area (Å²) in [5.41, 5.74) is 7.08. The Hall–Kier alpha value is -1.26. The minimum Gasteiger partial charge on any atom is -0.491 e. The minimum absolute atomic E-state index is 0.219. The number of hydrogen-bond acceptors (Lipinski definition) is 4. The Labute approximate surface area is 116 Å². The van der Waals surface area contributed by atoms with Gasteiger partial charge in [0.15, 0.2) is 0 Å². The zero-order valence-corrected chi connectivity index (χ0v) is 12.2. The van der Waals surface area contributed by atoms with Crippen LogP contribution in [0.25, 0.3) is 0 Å². The molecule has 106 valence electrons. The lowest BCUT2D eigenvalue weighted by Crippen LogP contribution is -2.54. The van der Waals surface area contributed by atoms with Gasteiger partial charge >= 0.3 is 0 Å². The van der Waals surface area contributed by atoms with E-state index in [4.69, 9.17) is 10.5 Å². The summed E-state index contributed by atoms with van der Waals surface area (Å²) in [6.45, 7) is 7.91. The molecule has 1 aliphatic heterocycles. The lowest BCUT2D eigenvalue weighted by Gasteiger charge is -2.40. The first-order chi connectivity index (χ1) is 9.10. The van der Waals surface area contributed by atoms with Gasteiger partial charge in [-0.2, -0.15) is 0 Å². The van der Waals surface area contributed by atoms with Gasteiger partial charge in [-0.15, -0.1) is 0 Å². The van der Waals surface area contributed by atoms with E-state index in [1.54, 1.807) is 0 Å². The van der Waals surface area contributed by atoms with Crippen molar-refractivity contribution in [3.05, 3.63) is 24.3 Å². The van der Waals surface area contributed by atoms with Gasteiger partial charge in [-0.3, -0.25) is 4.90 Å². The number of anilines is 1. The number of hydrogen-bond donors (Lipinski definition) is 1. The smallest absolute Gasteiger partial charge is 0.119 e. The molecule has 4 nitrogen and oxygen atoms in total. The van der Waals surface area contributed by atoms with E-state index in [1.807, 2.05) is 26.0 Å². The second-order valence-electron chi connectivity index (χ2n) is 5.48. The van der Waals surface area contributed by atoms with Crippen LogP contribution in [0.15, 0.2) is 24.3 Å². The van der Waals surface area contributed by atoms with Crippen LogP contribution in [-0.4, -0.2) is 50.3 Å². The molecule has 1 aromatic rings. The first-order valence-corrected chi connectivity index (χ1v) is 7.02. The van der Waals surface area contributed by atoms with Crippen molar-refractivity contribution < 1.29 is 4.74 Å². The fourth-order valence-electron chi connectivity index (χ4n) is 2.44. The number of benzene rings is 1. The van der Waals surface area contributed by atoms with E-state index in [0.29, 0.717) is 12.6 Å². The molecule has 0 aliphatic carbocycles. The molecule has 2 rings (SSSR count). The van der Waals surface area contributed by atoms with Crippen LogP contribution in [0, 0.1) is 0 Å². The van der Waals surface area contributed by atoms with Crippen LogP contribution in [0.2, 0.25) is 0 Å². The number of ether oxygens (including phenoxy) is 1. The minimum atomic E-state index is 0.219. The van der Waals surface area contributed by atoms with Crippen molar-refractivity contribution in [2.75, 3.05) is 38.1 Å².